The highest BCUT2D eigenvalue weighted by molar-refractivity contribution is 7.10. The Kier molecular flexibility index (Phi) is 7.82. The Bertz CT molecular complexity index is 1420. The van der Waals surface area contributed by atoms with Crippen LogP contribution in [0.1, 0.15) is 22.1 Å². The van der Waals surface area contributed by atoms with Gasteiger partial charge in [0.05, 0.1) is 16.7 Å². The molecule has 1 aromatic heterocycles. The van der Waals surface area contributed by atoms with E-state index >= 15 is 0 Å². The lowest BCUT2D eigenvalue weighted by Crippen LogP contribution is -2.36. The topological polar surface area (TPSA) is 193 Å². The molecule has 2 aromatic carbocycles. The number of anilines is 1. The van der Waals surface area contributed by atoms with Crippen molar-refractivity contribution in [2.75, 3.05) is 5.32 Å². The van der Waals surface area contributed by atoms with Gasteiger partial charge in [-0.3, -0.25) is 24.5 Å². The molecule has 0 spiro atoms. The molecular formula is C23H19N7O5S. The molecule has 0 bridgehead atoms. The van der Waals surface area contributed by atoms with Gasteiger partial charge in [-0.05, 0) is 49.2 Å². The lowest BCUT2D eigenvalue weighted by molar-refractivity contribution is -0.384. The number of hydrogen-bond acceptors (Lipinski definition) is 9. The van der Waals surface area contributed by atoms with Crippen LogP contribution in [0.15, 0.2) is 52.9 Å². The van der Waals surface area contributed by atoms with Crippen LogP contribution >= 0.6 is 11.3 Å². The van der Waals surface area contributed by atoms with Crippen molar-refractivity contribution >= 4 is 46.1 Å². The highest BCUT2D eigenvalue weighted by Gasteiger charge is 2.29. The molecule has 4 N–H and O–H groups in total. The summed E-state index contributed by atoms with van der Waals surface area (Å²) >= 11 is 1.05. The first-order valence-corrected chi connectivity index (χ1v) is 11.1. The number of nitro benzene ring substituents is 1. The van der Waals surface area contributed by atoms with E-state index < -0.39 is 34.3 Å². The number of nitro groups is 1. The van der Waals surface area contributed by atoms with E-state index in [1.54, 1.807) is 23.6 Å². The van der Waals surface area contributed by atoms with Crippen LogP contribution in [-0.4, -0.2) is 33.3 Å². The third-order valence-electron chi connectivity index (χ3n) is 5.04. The van der Waals surface area contributed by atoms with Gasteiger partial charge in [-0.2, -0.15) is 10.4 Å². The standard InChI is InChI=1S/C23H19N7O5S/c1-12-3-6-15(9-13(12)2)26-21(32)19(28-29-22(33)20(25)31)17(10-24)23-27-18(11-36-23)14-4-7-16(8-5-14)30(34)35/h3-9,11,17H,1-2H3,(H2,25,31)(H,26,32)(H,29,33)/b28-19+/t17-/m1/s1. The number of amides is 3. The average molecular weight is 506 g/mol. The summed E-state index contributed by atoms with van der Waals surface area (Å²) in [5, 5.41) is 28.9. The molecule has 3 rings (SSSR count). The van der Waals surface area contributed by atoms with Crippen LogP contribution in [-0.2, 0) is 14.4 Å². The maximum atomic E-state index is 13.1. The van der Waals surface area contributed by atoms with Crippen LogP contribution in [0.3, 0.4) is 0 Å². The fraction of sp³-hybridized carbons (Fsp3) is 0.130. The molecule has 1 atom stereocenters. The van der Waals surface area contributed by atoms with E-state index in [1.165, 1.54) is 24.3 Å². The minimum Gasteiger partial charge on any atom is -0.361 e. The predicted octanol–water partition coefficient (Wildman–Crippen LogP) is 2.54. The van der Waals surface area contributed by atoms with E-state index in [4.69, 9.17) is 5.73 Å². The number of rotatable bonds is 7. The molecule has 0 aliphatic carbocycles. The highest BCUT2D eigenvalue weighted by atomic mass is 32.1. The fourth-order valence-electron chi connectivity index (χ4n) is 2.97. The van der Waals surface area contributed by atoms with Crippen molar-refractivity contribution in [2.45, 2.75) is 19.8 Å². The Hall–Kier alpha value is -4.96. The molecule has 182 valence electrons. The summed E-state index contributed by atoms with van der Waals surface area (Å²) in [7, 11) is 0. The Morgan fingerprint density at radius 1 is 1.14 bits per heavy atom. The van der Waals surface area contributed by atoms with Crippen molar-refractivity contribution in [3.63, 3.8) is 0 Å². The molecule has 0 aliphatic rings. The lowest BCUT2D eigenvalue weighted by atomic mass is 10.0. The second kappa shape index (κ2) is 11.0. The number of primary amides is 1. The Morgan fingerprint density at radius 3 is 2.42 bits per heavy atom. The largest absolute Gasteiger partial charge is 0.361 e. The molecular weight excluding hydrogens is 486 g/mol. The summed E-state index contributed by atoms with van der Waals surface area (Å²) < 4.78 is 0. The molecule has 0 unspecified atom stereocenters. The van der Waals surface area contributed by atoms with E-state index in [1.807, 2.05) is 25.3 Å². The maximum absolute atomic E-state index is 13.1. The number of carbonyl (C=O) groups excluding carboxylic acids is 3. The van der Waals surface area contributed by atoms with Crippen LogP contribution in [0, 0.1) is 35.3 Å². The Morgan fingerprint density at radius 2 is 1.83 bits per heavy atom. The zero-order chi connectivity index (χ0) is 26.4. The van der Waals surface area contributed by atoms with E-state index in [-0.39, 0.29) is 10.7 Å². The van der Waals surface area contributed by atoms with Crippen molar-refractivity contribution in [3.05, 3.63) is 74.1 Å². The van der Waals surface area contributed by atoms with Crippen LogP contribution in [0.5, 0.6) is 0 Å². The lowest BCUT2D eigenvalue weighted by Gasteiger charge is -2.12. The smallest absolute Gasteiger partial charge is 0.329 e. The van der Waals surface area contributed by atoms with Gasteiger partial charge in [0.1, 0.15) is 16.6 Å². The van der Waals surface area contributed by atoms with Gasteiger partial charge in [-0.1, -0.05) is 6.07 Å². The minimum atomic E-state index is -1.32. The quantitative estimate of drug-likeness (QED) is 0.190. The number of thiazole rings is 1. The second-order valence-electron chi connectivity index (χ2n) is 7.49. The van der Waals surface area contributed by atoms with E-state index in [0.29, 0.717) is 16.9 Å². The number of nitriles is 1. The molecule has 3 aromatic rings. The number of nitrogens with two attached hydrogens (primary N) is 1. The van der Waals surface area contributed by atoms with Gasteiger partial charge >= 0.3 is 11.8 Å². The number of nitrogens with zero attached hydrogens (tertiary/aromatic N) is 4. The third kappa shape index (κ3) is 5.93. The van der Waals surface area contributed by atoms with Crippen molar-refractivity contribution in [3.8, 4) is 17.3 Å². The van der Waals surface area contributed by atoms with E-state index in [0.717, 1.165) is 22.5 Å². The number of non-ortho nitro benzene ring substituents is 1. The number of aryl methyl sites for hydroxylation is 2. The molecule has 3 amide bonds. The summed E-state index contributed by atoms with van der Waals surface area (Å²) in [6.07, 6.45) is 0. The summed E-state index contributed by atoms with van der Waals surface area (Å²) in [4.78, 5) is 50.6. The molecule has 0 fully saturated rings. The van der Waals surface area contributed by atoms with Crippen molar-refractivity contribution in [1.29, 1.82) is 5.26 Å². The Balaban J connectivity index is 1.95. The first-order chi connectivity index (χ1) is 17.1. The number of carbonyl (C=O) groups is 3. The highest BCUT2D eigenvalue weighted by Crippen LogP contribution is 2.29. The van der Waals surface area contributed by atoms with Gasteiger partial charge < -0.3 is 11.1 Å². The van der Waals surface area contributed by atoms with Crippen LogP contribution in [0.25, 0.3) is 11.3 Å². The summed E-state index contributed by atoms with van der Waals surface area (Å²) in [5.74, 6) is -4.71. The predicted molar refractivity (Wildman–Crippen MR) is 132 cm³/mol. The molecule has 0 saturated carbocycles. The number of nitrogens with one attached hydrogen (secondary N) is 2. The molecule has 0 radical (unpaired) electrons. The van der Waals surface area contributed by atoms with Gasteiger partial charge in [0.15, 0.2) is 0 Å². The van der Waals surface area contributed by atoms with Crippen molar-refractivity contribution in [2.24, 2.45) is 10.8 Å². The summed E-state index contributed by atoms with van der Waals surface area (Å²) in [6, 6.07) is 12.8. The number of hydrazone groups is 1. The zero-order valence-electron chi connectivity index (χ0n) is 19.0. The summed E-state index contributed by atoms with van der Waals surface area (Å²) in [5.41, 5.74) is 9.63. The van der Waals surface area contributed by atoms with Gasteiger partial charge in [0, 0.05) is 28.8 Å². The van der Waals surface area contributed by atoms with Gasteiger partial charge in [0.25, 0.3) is 11.6 Å². The third-order valence-corrected chi connectivity index (χ3v) is 5.95. The maximum Gasteiger partial charge on any atom is 0.329 e. The van der Waals surface area contributed by atoms with Crippen LogP contribution < -0.4 is 16.5 Å². The van der Waals surface area contributed by atoms with Crippen LogP contribution in [0.4, 0.5) is 11.4 Å². The second-order valence-corrected chi connectivity index (χ2v) is 8.38. The Labute approximate surface area is 208 Å². The minimum absolute atomic E-state index is 0.0910. The molecule has 36 heavy (non-hydrogen) atoms. The van der Waals surface area contributed by atoms with Crippen molar-refractivity contribution < 1.29 is 19.3 Å². The monoisotopic (exact) mass is 505 g/mol. The average Bonchev–Trinajstić information content (AvgIpc) is 3.33. The zero-order valence-corrected chi connectivity index (χ0v) is 19.8. The number of hydrogen-bond donors (Lipinski definition) is 3. The SMILES string of the molecule is Cc1ccc(NC(=O)/C(=N/NC(=O)C(N)=O)[C@@H](C#N)c2nc(-c3ccc([N+](=O)[O-])cc3)cs2)cc1C. The molecule has 0 aliphatic heterocycles. The fourth-order valence-corrected chi connectivity index (χ4v) is 3.84. The number of benzene rings is 2. The first kappa shape index (κ1) is 25.7. The molecule has 0 saturated heterocycles. The first-order valence-electron chi connectivity index (χ1n) is 10.3. The number of aromatic nitrogens is 1. The van der Waals surface area contributed by atoms with Gasteiger partial charge in [-0.15, -0.1) is 11.3 Å². The molecule has 1 heterocycles. The van der Waals surface area contributed by atoms with E-state index in [9.17, 15) is 29.8 Å². The van der Waals surface area contributed by atoms with Crippen LogP contribution in [0.2, 0.25) is 0 Å². The summed E-state index contributed by atoms with van der Waals surface area (Å²) in [6.45, 7) is 3.77. The molecule has 12 nitrogen and oxygen atoms in total. The van der Waals surface area contributed by atoms with Gasteiger partial charge in [0.2, 0.25) is 0 Å². The van der Waals surface area contributed by atoms with Crippen molar-refractivity contribution in [1.82, 2.24) is 10.4 Å². The van der Waals surface area contributed by atoms with Gasteiger partial charge in [-0.25, -0.2) is 10.4 Å². The normalized spacial score (nSPS) is 11.8. The molecule has 13 heteroatoms. The van der Waals surface area contributed by atoms with E-state index in [2.05, 4.69) is 15.4 Å².